The lowest BCUT2D eigenvalue weighted by Gasteiger charge is -2.23. The first-order chi connectivity index (χ1) is 8.80. The van der Waals surface area contributed by atoms with Crippen molar-refractivity contribution >= 4 is 5.95 Å². The van der Waals surface area contributed by atoms with Crippen molar-refractivity contribution in [3.63, 3.8) is 0 Å². The maximum Gasteiger partial charge on any atom is 0.225 e. The number of nitrogens with one attached hydrogen (secondary N) is 2. The molecule has 1 aliphatic heterocycles. The van der Waals surface area contributed by atoms with Crippen LogP contribution >= 0.6 is 0 Å². The van der Waals surface area contributed by atoms with Gasteiger partial charge >= 0.3 is 0 Å². The molecular weight excluding hydrogens is 228 g/mol. The first kappa shape index (κ1) is 14.7. The molecule has 18 heavy (non-hydrogen) atoms. The Labute approximate surface area is 109 Å². The van der Waals surface area contributed by atoms with Crippen LogP contribution < -0.4 is 15.4 Å². The Morgan fingerprint density at radius 3 is 2.67 bits per heavy atom. The Bertz CT molecular complexity index is 327. The Balaban J connectivity index is 0.000000492. The molecule has 0 radical (unpaired) electrons. The summed E-state index contributed by atoms with van der Waals surface area (Å²) in [6, 6.07) is 1.79. The second kappa shape index (κ2) is 8.69. The molecule has 1 aromatic rings. The molecule has 0 unspecified atom stereocenters. The molecular formula is C13H24N4O. The van der Waals surface area contributed by atoms with Crippen LogP contribution in [0.15, 0.2) is 12.3 Å². The maximum atomic E-state index is 5.77. The van der Waals surface area contributed by atoms with E-state index in [1.165, 1.54) is 6.42 Å². The van der Waals surface area contributed by atoms with Crippen LogP contribution in [0, 0.1) is 0 Å². The molecule has 2 heterocycles. The summed E-state index contributed by atoms with van der Waals surface area (Å²) in [7, 11) is 1.80. The number of aromatic nitrogens is 2. The maximum absolute atomic E-state index is 5.77. The predicted octanol–water partition coefficient (Wildman–Crippen LogP) is 2.07. The molecule has 0 amide bonds. The van der Waals surface area contributed by atoms with Crippen molar-refractivity contribution in [2.75, 3.05) is 25.5 Å². The topological polar surface area (TPSA) is 59.1 Å². The Kier molecular flexibility index (Phi) is 7.10. The van der Waals surface area contributed by atoms with Crippen LogP contribution in [0.1, 0.15) is 33.1 Å². The van der Waals surface area contributed by atoms with Crippen molar-refractivity contribution in [1.29, 1.82) is 0 Å². The third kappa shape index (κ3) is 5.31. The van der Waals surface area contributed by atoms with Crippen LogP contribution in [0.4, 0.5) is 5.95 Å². The van der Waals surface area contributed by atoms with E-state index in [2.05, 4.69) is 34.4 Å². The normalized spacial score (nSPS) is 15.5. The molecule has 1 saturated heterocycles. The highest BCUT2D eigenvalue weighted by Crippen LogP contribution is 2.14. The standard InChI is InChI=1S/C10H16N4O.C3H8/c1-11-10-13-7-4-9(14-10)15-8-2-5-12-6-3-8;1-3-2/h4,7-8,12H,2-3,5-6H2,1H3,(H,11,13,14);3H2,1-2H3. The number of anilines is 1. The van der Waals surface area contributed by atoms with Gasteiger partial charge < -0.3 is 15.4 Å². The van der Waals surface area contributed by atoms with E-state index in [-0.39, 0.29) is 6.10 Å². The summed E-state index contributed by atoms with van der Waals surface area (Å²) >= 11 is 0. The van der Waals surface area contributed by atoms with Gasteiger partial charge in [0, 0.05) is 19.3 Å². The highest BCUT2D eigenvalue weighted by Gasteiger charge is 2.14. The van der Waals surface area contributed by atoms with Crippen LogP contribution in [-0.2, 0) is 0 Å². The Hall–Kier alpha value is -1.36. The molecule has 0 aliphatic carbocycles. The largest absolute Gasteiger partial charge is 0.474 e. The van der Waals surface area contributed by atoms with Gasteiger partial charge in [-0.15, -0.1) is 0 Å². The zero-order valence-electron chi connectivity index (χ0n) is 11.6. The van der Waals surface area contributed by atoms with Crippen molar-refractivity contribution < 1.29 is 4.74 Å². The van der Waals surface area contributed by atoms with Gasteiger partial charge in [-0.2, -0.15) is 4.98 Å². The second-order valence-corrected chi connectivity index (χ2v) is 4.24. The van der Waals surface area contributed by atoms with Gasteiger partial charge in [0.1, 0.15) is 6.10 Å². The quantitative estimate of drug-likeness (QED) is 0.862. The average molecular weight is 252 g/mol. The highest BCUT2D eigenvalue weighted by molar-refractivity contribution is 5.26. The molecule has 1 fully saturated rings. The van der Waals surface area contributed by atoms with E-state index in [0.29, 0.717) is 11.8 Å². The highest BCUT2D eigenvalue weighted by atomic mass is 16.5. The molecule has 0 saturated carbocycles. The Morgan fingerprint density at radius 1 is 1.39 bits per heavy atom. The van der Waals surface area contributed by atoms with Crippen LogP contribution in [-0.4, -0.2) is 36.2 Å². The smallest absolute Gasteiger partial charge is 0.225 e. The summed E-state index contributed by atoms with van der Waals surface area (Å²) in [5.74, 6) is 1.25. The zero-order chi connectivity index (χ0) is 13.2. The summed E-state index contributed by atoms with van der Waals surface area (Å²) in [6.45, 7) is 6.29. The molecule has 2 N–H and O–H groups in total. The summed E-state index contributed by atoms with van der Waals surface area (Å²) in [4.78, 5) is 8.26. The van der Waals surface area contributed by atoms with Gasteiger partial charge in [0.25, 0.3) is 0 Å². The summed E-state index contributed by atoms with van der Waals surface area (Å²) in [5.41, 5.74) is 0. The van der Waals surface area contributed by atoms with E-state index in [9.17, 15) is 0 Å². The minimum absolute atomic E-state index is 0.283. The van der Waals surface area contributed by atoms with Gasteiger partial charge in [-0.3, -0.25) is 0 Å². The first-order valence-corrected chi connectivity index (χ1v) is 6.68. The average Bonchev–Trinajstić information content (AvgIpc) is 2.41. The van der Waals surface area contributed by atoms with Gasteiger partial charge in [-0.25, -0.2) is 4.98 Å². The van der Waals surface area contributed by atoms with Crippen molar-refractivity contribution in [2.45, 2.75) is 39.2 Å². The molecule has 102 valence electrons. The fourth-order valence-electron chi connectivity index (χ4n) is 1.61. The number of piperidine rings is 1. The van der Waals surface area contributed by atoms with Gasteiger partial charge in [-0.1, -0.05) is 20.3 Å². The minimum Gasteiger partial charge on any atom is -0.474 e. The number of nitrogens with zero attached hydrogens (tertiary/aromatic N) is 2. The van der Waals surface area contributed by atoms with Gasteiger partial charge in [0.15, 0.2) is 0 Å². The Morgan fingerprint density at radius 2 is 2.06 bits per heavy atom. The van der Waals surface area contributed by atoms with Crippen molar-refractivity contribution in [2.24, 2.45) is 0 Å². The van der Waals surface area contributed by atoms with E-state index in [0.717, 1.165) is 25.9 Å². The van der Waals surface area contributed by atoms with E-state index in [1.54, 1.807) is 19.3 Å². The number of ether oxygens (including phenoxy) is 1. The van der Waals surface area contributed by atoms with Crippen LogP contribution in [0.25, 0.3) is 0 Å². The SMILES string of the molecule is CCC.CNc1nccc(OC2CCNCC2)n1. The number of hydrogen-bond acceptors (Lipinski definition) is 5. The molecule has 5 nitrogen and oxygen atoms in total. The van der Waals surface area contributed by atoms with E-state index in [4.69, 9.17) is 4.74 Å². The van der Waals surface area contributed by atoms with Crippen molar-refractivity contribution in [3.8, 4) is 5.88 Å². The van der Waals surface area contributed by atoms with Crippen molar-refractivity contribution in [3.05, 3.63) is 12.3 Å². The monoisotopic (exact) mass is 252 g/mol. The van der Waals surface area contributed by atoms with Crippen LogP contribution in [0.3, 0.4) is 0 Å². The van der Waals surface area contributed by atoms with E-state index >= 15 is 0 Å². The minimum atomic E-state index is 0.283. The zero-order valence-corrected chi connectivity index (χ0v) is 11.6. The summed E-state index contributed by atoms with van der Waals surface area (Å²) in [5, 5.41) is 6.19. The third-order valence-electron chi connectivity index (χ3n) is 2.43. The van der Waals surface area contributed by atoms with Gasteiger partial charge in [0.2, 0.25) is 11.8 Å². The molecule has 5 heteroatoms. The fourth-order valence-corrected chi connectivity index (χ4v) is 1.61. The summed E-state index contributed by atoms with van der Waals surface area (Å²) < 4.78 is 5.77. The fraction of sp³-hybridized carbons (Fsp3) is 0.692. The lowest BCUT2D eigenvalue weighted by molar-refractivity contribution is 0.156. The van der Waals surface area contributed by atoms with E-state index < -0.39 is 0 Å². The molecule has 1 aromatic heterocycles. The predicted molar refractivity (Wildman–Crippen MR) is 74.1 cm³/mol. The van der Waals surface area contributed by atoms with Crippen LogP contribution in [0.2, 0.25) is 0 Å². The number of hydrogen-bond donors (Lipinski definition) is 2. The molecule has 0 aromatic carbocycles. The molecule has 2 rings (SSSR count). The lowest BCUT2D eigenvalue weighted by atomic mass is 10.1. The van der Waals surface area contributed by atoms with Crippen molar-refractivity contribution in [1.82, 2.24) is 15.3 Å². The first-order valence-electron chi connectivity index (χ1n) is 6.68. The third-order valence-corrected chi connectivity index (χ3v) is 2.43. The summed E-state index contributed by atoms with van der Waals surface area (Å²) in [6.07, 6.45) is 5.32. The molecule has 0 atom stereocenters. The molecule has 1 aliphatic rings. The van der Waals surface area contributed by atoms with E-state index in [1.807, 2.05) is 0 Å². The lowest BCUT2D eigenvalue weighted by Crippen LogP contribution is -2.34. The second-order valence-electron chi connectivity index (χ2n) is 4.24. The van der Waals surface area contributed by atoms with Crippen LogP contribution in [0.5, 0.6) is 5.88 Å². The number of rotatable bonds is 3. The van der Waals surface area contributed by atoms with Gasteiger partial charge in [0.05, 0.1) is 0 Å². The molecule has 0 bridgehead atoms. The van der Waals surface area contributed by atoms with Gasteiger partial charge in [-0.05, 0) is 25.9 Å². The molecule has 0 spiro atoms.